The van der Waals surface area contributed by atoms with E-state index in [9.17, 15) is 5.11 Å². The number of thioether (sulfide) groups is 2. The first-order chi connectivity index (χ1) is 5.52. The van der Waals surface area contributed by atoms with Crippen LogP contribution in [0.25, 0.3) is 0 Å². The molecule has 72 valence electrons. The van der Waals surface area contributed by atoms with E-state index in [1.54, 1.807) is 0 Å². The molecule has 0 radical (unpaired) electrons. The Morgan fingerprint density at radius 1 is 1.42 bits per heavy atom. The van der Waals surface area contributed by atoms with E-state index in [1.807, 2.05) is 30.4 Å². The van der Waals surface area contributed by atoms with Gasteiger partial charge in [-0.15, -0.1) is 23.5 Å². The molecule has 0 saturated carbocycles. The van der Waals surface area contributed by atoms with Crippen molar-refractivity contribution >= 4 is 23.5 Å². The second kappa shape index (κ2) is 3.81. The van der Waals surface area contributed by atoms with Gasteiger partial charge in [0, 0.05) is 0 Å². The van der Waals surface area contributed by atoms with Crippen molar-refractivity contribution in [2.75, 3.05) is 11.5 Å². The Labute approximate surface area is 83.7 Å². The molecule has 0 aromatic carbocycles. The summed E-state index contributed by atoms with van der Waals surface area (Å²) in [6.07, 6.45) is 2.12. The van der Waals surface area contributed by atoms with Gasteiger partial charge in [0.1, 0.15) is 0 Å². The number of rotatable bonds is 2. The van der Waals surface area contributed by atoms with Gasteiger partial charge in [0.25, 0.3) is 0 Å². The summed E-state index contributed by atoms with van der Waals surface area (Å²) < 4.78 is 0.0139. The third-order valence-electron chi connectivity index (χ3n) is 2.71. The monoisotopic (exact) mass is 206 g/mol. The van der Waals surface area contributed by atoms with Crippen LogP contribution in [0.1, 0.15) is 33.6 Å². The topological polar surface area (TPSA) is 20.2 Å². The molecular formula is C9H18OS2. The largest absolute Gasteiger partial charge is 0.388 e. The van der Waals surface area contributed by atoms with Crippen molar-refractivity contribution in [3.8, 4) is 0 Å². The summed E-state index contributed by atoms with van der Waals surface area (Å²) in [4.78, 5) is 0. The van der Waals surface area contributed by atoms with Crippen LogP contribution in [-0.4, -0.2) is 26.3 Å². The van der Waals surface area contributed by atoms with Crippen molar-refractivity contribution in [3.63, 3.8) is 0 Å². The van der Waals surface area contributed by atoms with Crippen LogP contribution in [0.4, 0.5) is 0 Å². The molecule has 1 atom stereocenters. The van der Waals surface area contributed by atoms with Crippen LogP contribution in [0.5, 0.6) is 0 Å². The predicted molar refractivity (Wildman–Crippen MR) is 58.9 cm³/mol. The molecule has 1 heterocycles. The zero-order chi connectivity index (χ0) is 9.24. The smallest absolute Gasteiger partial charge is 0.0865 e. The molecule has 1 N–H and O–H groups in total. The predicted octanol–water partition coefficient (Wildman–Crippen LogP) is 2.73. The SMILES string of the molecule is CCC(C)(O)C1(C)SCCCS1. The summed E-state index contributed by atoms with van der Waals surface area (Å²) in [5.41, 5.74) is -0.525. The van der Waals surface area contributed by atoms with Crippen molar-refractivity contribution in [3.05, 3.63) is 0 Å². The van der Waals surface area contributed by atoms with Gasteiger partial charge in [0.15, 0.2) is 0 Å². The average Bonchev–Trinajstić information content (AvgIpc) is 2.06. The maximum Gasteiger partial charge on any atom is 0.0865 e. The van der Waals surface area contributed by atoms with Crippen LogP contribution < -0.4 is 0 Å². The molecule has 0 aromatic heterocycles. The van der Waals surface area contributed by atoms with Gasteiger partial charge in [-0.2, -0.15) is 0 Å². The molecule has 1 saturated heterocycles. The molecule has 1 fully saturated rings. The third-order valence-corrected chi connectivity index (χ3v) is 6.38. The van der Waals surface area contributed by atoms with Crippen molar-refractivity contribution < 1.29 is 5.11 Å². The van der Waals surface area contributed by atoms with Gasteiger partial charge < -0.3 is 5.11 Å². The zero-order valence-corrected chi connectivity index (χ0v) is 9.73. The molecule has 1 rings (SSSR count). The van der Waals surface area contributed by atoms with E-state index in [4.69, 9.17) is 0 Å². The summed E-state index contributed by atoms with van der Waals surface area (Å²) in [5.74, 6) is 2.39. The first kappa shape index (κ1) is 10.7. The van der Waals surface area contributed by atoms with Crippen molar-refractivity contribution in [1.29, 1.82) is 0 Å². The van der Waals surface area contributed by atoms with Crippen molar-refractivity contribution in [2.45, 2.75) is 43.3 Å². The van der Waals surface area contributed by atoms with Crippen LogP contribution in [0, 0.1) is 0 Å². The molecule has 1 aliphatic heterocycles. The van der Waals surface area contributed by atoms with Gasteiger partial charge in [-0.05, 0) is 38.2 Å². The molecule has 1 nitrogen and oxygen atoms in total. The Balaban J connectivity index is 2.68. The summed E-state index contributed by atoms with van der Waals surface area (Å²) in [6.45, 7) is 6.18. The van der Waals surface area contributed by atoms with Crippen molar-refractivity contribution in [2.24, 2.45) is 0 Å². The minimum absolute atomic E-state index is 0.0139. The number of hydrogen-bond donors (Lipinski definition) is 1. The molecular weight excluding hydrogens is 188 g/mol. The Kier molecular flexibility index (Phi) is 3.41. The fourth-order valence-corrected chi connectivity index (χ4v) is 4.55. The zero-order valence-electron chi connectivity index (χ0n) is 8.09. The molecule has 1 unspecified atom stereocenters. The average molecular weight is 206 g/mol. The number of hydrogen-bond acceptors (Lipinski definition) is 3. The molecule has 0 aliphatic carbocycles. The normalized spacial score (nSPS) is 28.0. The third kappa shape index (κ3) is 1.94. The lowest BCUT2D eigenvalue weighted by molar-refractivity contribution is 0.0480. The Morgan fingerprint density at radius 2 is 1.92 bits per heavy atom. The lowest BCUT2D eigenvalue weighted by Gasteiger charge is -2.43. The molecule has 12 heavy (non-hydrogen) atoms. The highest BCUT2D eigenvalue weighted by atomic mass is 32.2. The van der Waals surface area contributed by atoms with E-state index in [-0.39, 0.29) is 4.08 Å². The molecule has 1 aliphatic rings. The van der Waals surface area contributed by atoms with E-state index in [0.29, 0.717) is 0 Å². The van der Waals surface area contributed by atoms with Crippen LogP contribution in [0.3, 0.4) is 0 Å². The molecule has 0 bridgehead atoms. The van der Waals surface area contributed by atoms with Crippen molar-refractivity contribution in [1.82, 2.24) is 0 Å². The van der Waals surface area contributed by atoms with E-state index >= 15 is 0 Å². The van der Waals surface area contributed by atoms with Gasteiger partial charge in [-0.3, -0.25) is 0 Å². The molecule has 0 aromatic rings. The highest BCUT2D eigenvalue weighted by molar-refractivity contribution is 8.18. The van der Waals surface area contributed by atoms with Gasteiger partial charge in [-0.1, -0.05) is 6.92 Å². The minimum atomic E-state index is -0.525. The van der Waals surface area contributed by atoms with E-state index in [2.05, 4.69) is 13.8 Å². The molecule has 0 spiro atoms. The summed E-state index contributed by atoms with van der Waals surface area (Å²) in [5, 5.41) is 10.2. The lowest BCUT2D eigenvalue weighted by Crippen LogP contribution is -2.46. The first-order valence-electron chi connectivity index (χ1n) is 4.52. The molecule has 3 heteroatoms. The fourth-order valence-electron chi connectivity index (χ4n) is 1.27. The van der Waals surface area contributed by atoms with Gasteiger partial charge in [0.05, 0.1) is 9.68 Å². The van der Waals surface area contributed by atoms with E-state index < -0.39 is 5.60 Å². The summed E-state index contributed by atoms with van der Waals surface area (Å²) in [7, 11) is 0. The quantitative estimate of drug-likeness (QED) is 0.750. The standard InChI is InChI=1S/C9H18OS2/c1-4-8(2,10)9(3)11-6-5-7-12-9/h10H,4-7H2,1-3H3. The fraction of sp³-hybridized carbons (Fsp3) is 1.00. The summed E-state index contributed by atoms with van der Waals surface area (Å²) >= 11 is 3.82. The Hall–Kier alpha value is 0.660. The van der Waals surface area contributed by atoms with Gasteiger partial charge >= 0.3 is 0 Å². The van der Waals surface area contributed by atoms with Crippen LogP contribution >= 0.6 is 23.5 Å². The minimum Gasteiger partial charge on any atom is -0.388 e. The second-order valence-electron chi connectivity index (χ2n) is 3.62. The maximum absolute atomic E-state index is 10.2. The van der Waals surface area contributed by atoms with Crippen LogP contribution in [0.15, 0.2) is 0 Å². The second-order valence-corrected chi connectivity index (χ2v) is 6.91. The van der Waals surface area contributed by atoms with Crippen LogP contribution in [-0.2, 0) is 0 Å². The highest BCUT2D eigenvalue weighted by Crippen LogP contribution is 2.49. The first-order valence-corrected chi connectivity index (χ1v) is 6.49. The maximum atomic E-state index is 10.2. The number of aliphatic hydroxyl groups is 1. The van der Waals surface area contributed by atoms with Crippen LogP contribution in [0.2, 0.25) is 0 Å². The van der Waals surface area contributed by atoms with Gasteiger partial charge in [0.2, 0.25) is 0 Å². The van der Waals surface area contributed by atoms with E-state index in [0.717, 1.165) is 6.42 Å². The van der Waals surface area contributed by atoms with Gasteiger partial charge in [-0.25, -0.2) is 0 Å². The van der Waals surface area contributed by atoms with E-state index in [1.165, 1.54) is 17.9 Å². The Morgan fingerprint density at radius 3 is 2.33 bits per heavy atom. The lowest BCUT2D eigenvalue weighted by atomic mass is 9.99. The summed E-state index contributed by atoms with van der Waals surface area (Å²) in [6, 6.07) is 0. The Bertz CT molecular complexity index is 151. The highest BCUT2D eigenvalue weighted by Gasteiger charge is 2.43. The molecule has 0 amide bonds.